The number of alkyl halides is 1. The molecule has 2 aromatic carbocycles. The molecule has 4 aromatic rings. The average molecular weight is 599 g/mol. The summed E-state index contributed by atoms with van der Waals surface area (Å²) in [6.45, 7) is 2.26. The molecule has 0 spiro atoms. The number of benzene rings is 2. The van der Waals surface area contributed by atoms with Crippen LogP contribution in [0.2, 0.25) is 0 Å². The van der Waals surface area contributed by atoms with Crippen LogP contribution in [0.5, 0.6) is 11.8 Å². The van der Waals surface area contributed by atoms with Gasteiger partial charge in [-0.15, -0.1) is 0 Å². The van der Waals surface area contributed by atoms with Crippen molar-refractivity contribution in [3.63, 3.8) is 0 Å². The van der Waals surface area contributed by atoms with Crippen LogP contribution in [-0.4, -0.2) is 81.0 Å². The van der Waals surface area contributed by atoms with Gasteiger partial charge in [0.1, 0.15) is 35.6 Å². The first-order valence-corrected chi connectivity index (χ1v) is 16.1. The number of hydrogen-bond acceptors (Lipinski definition) is 8. The second-order valence-electron chi connectivity index (χ2n) is 13.7. The number of pyridine rings is 1. The number of nitrogens with one attached hydrogen (secondary N) is 1. The smallest absolute Gasteiger partial charge is 0.319 e. The topological polar surface area (TPSA) is 86.6 Å². The summed E-state index contributed by atoms with van der Waals surface area (Å²) in [5.74, 6) is 0.662. The van der Waals surface area contributed by atoms with Gasteiger partial charge in [-0.2, -0.15) is 9.97 Å². The van der Waals surface area contributed by atoms with Crippen LogP contribution in [0.1, 0.15) is 44.9 Å². The number of nitrogens with zero attached hydrogens (tertiary/aromatic N) is 5. The van der Waals surface area contributed by atoms with Gasteiger partial charge >= 0.3 is 6.01 Å². The highest BCUT2D eigenvalue weighted by Gasteiger charge is 2.58. The van der Waals surface area contributed by atoms with Crippen molar-refractivity contribution in [3.8, 4) is 23.0 Å². The monoisotopic (exact) mass is 598 g/mol. The zero-order valence-corrected chi connectivity index (χ0v) is 24.6. The molecule has 2 unspecified atom stereocenters. The standard InChI is InChI=1S/C34H36F2N6O2/c35-21-13-34(12-20-5-3-7-28(20)42(34)15-21)18-44-33-39-31-27(32(40-33)41-16-22-8-9-23(17-41)38-22)14-37-30(29(31)36)26-11-24(43)10-19-4-1-2-6-25(19)26/h1-2,4,6,10-11,14,20-23,28,38,43H,3,5,7-9,12-13,15-18H2/t20-,21-,22?,23?,28-,34-/m1/s1. The van der Waals surface area contributed by atoms with E-state index in [1.165, 1.54) is 12.8 Å². The van der Waals surface area contributed by atoms with Gasteiger partial charge in [-0.3, -0.25) is 9.88 Å². The largest absolute Gasteiger partial charge is 0.508 e. The van der Waals surface area contributed by atoms with Crippen LogP contribution in [0.15, 0.2) is 42.6 Å². The third kappa shape index (κ3) is 4.17. The van der Waals surface area contributed by atoms with Gasteiger partial charge in [-0.05, 0) is 60.9 Å². The van der Waals surface area contributed by atoms with Crippen molar-refractivity contribution in [3.05, 3.63) is 48.4 Å². The number of phenols is 1. The number of ether oxygens (including phenoxy) is 1. The third-order valence-corrected chi connectivity index (χ3v) is 11.0. The van der Waals surface area contributed by atoms with E-state index in [1.807, 2.05) is 24.3 Å². The number of anilines is 1. The Kier molecular flexibility index (Phi) is 6.04. The molecule has 228 valence electrons. The first-order chi connectivity index (χ1) is 21.4. The van der Waals surface area contributed by atoms with E-state index in [1.54, 1.807) is 18.3 Å². The molecule has 1 saturated carbocycles. The van der Waals surface area contributed by atoms with Gasteiger partial charge in [0.15, 0.2) is 5.82 Å². The van der Waals surface area contributed by atoms with Crippen LogP contribution < -0.4 is 15.0 Å². The summed E-state index contributed by atoms with van der Waals surface area (Å²) in [5.41, 5.74) is 0.380. The molecule has 2 bridgehead atoms. The number of phenolic OH excluding ortho intramolecular Hbond substituents is 1. The lowest BCUT2D eigenvalue weighted by Gasteiger charge is -2.35. The summed E-state index contributed by atoms with van der Waals surface area (Å²) in [6.07, 6.45) is 7.86. The highest BCUT2D eigenvalue weighted by Crippen LogP contribution is 2.52. The first kappa shape index (κ1) is 26.7. The fourth-order valence-corrected chi connectivity index (χ4v) is 9.22. The highest BCUT2D eigenvalue weighted by molar-refractivity contribution is 5.99. The second kappa shape index (κ2) is 9.94. The lowest BCUT2D eigenvalue weighted by molar-refractivity contribution is 0.0832. The van der Waals surface area contributed by atoms with E-state index in [4.69, 9.17) is 9.72 Å². The van der Waals surface area contributed by atoms with E-state index in [0.29, 0.717) is 53.8 Å². The molecule has 5 aliphatic rings. The number of aromatic nitrogens is 3. The van der Waals surface area contributed by atoms with Crippen LogP contribution in [0, 0.1) is 11.7 Å². The molecule has 8 nitrogen and oxygen atoms in total. The molecule has 9 rings (SSSR count). The zero-order chi connectivity index (χ0) is 29.6. The number of halogens is 2. The van der Waals surface area contributed by atoms with Crippen LogP contribution in [-0.2, 0) is 0 Å². The minimum absolute atomic E-state index is 0.0385. The van der Waals surface area contributed by atoms with Crippen molar-refractivity contribution >= 4 is 27.5 Å². The number of rotatable bonds is 5. The molecule has 2 aromatic heterocycles. The zero-order valence-electron chi connectivity index (χ0n) is 24.6. The van der Waals surface area contributed by atoms with Gasteiger partial charge in [-0.25, -0.2) is 8.78 Å². The number of fused-ring (bicyclic) bond motifs is 7. The Morgan fingerprint density at radius 2 is 1.84 bits per heavy atom. The summed E-state index contributed by atoms with van der Waals surface area (Å²) in [7, 11) is 0. The molecule has 5 fully saturated rings. The SMILES string of the molecule is Oc1cc(-c2ncc3c(N4CC5CCC(C4)N5)nc(OC[C@@]45C[C@@H](F)CN4[C@@H]4CCC[C@@H]4C5)nc3c2F)c2ccccc2c1. The normalized spacial score (nSPS) is 31.2. The molecule has 6 atom stereocenters. The summed E-state index contributed by atoms with van der Waals surface area (Å²) in [5, 5.41) is 16.2. The summed E-state index contributed by atoms with van der Waals surface area (Å²) in [6, 6.07) is 12.0. The number of aromatic hydroxyl groups is 1. The molecule has 1 aliphatic carbocycles. The fourth-order valence-electron chi connectivity index (χ4n) is 9.22. The molecular formula is C34H36F2N6O2. The van der Waals surface area contributed by atoms with Crippen molar-refractivity contribution in [2.24, 2.45) is 5.92 Å². The summed E-state index contributed by atoms with van der Waals surface area (Å²) in [4.78, 5) is 18.7. The van der Waals surface area contributed by atoms with Crippen LogP contribution in [0.25, 0.3) is 32.9 Å². The van der Waals surface area contributed by atoms with E-state index in [0.717, 1.165) is 49.5 Å². The molecule has 44 heavy (non-hydrogen) atoms. The Hall–Kier alpha value is -3.63. The number of hydrogen-bond donors (Lipinski definition) is 2. The van der Waals surface area contributed by atoms with Crippen molar-refractivity contribution in [2.75, 3.05) is 31.1 Å². The van der Waals surface area contributed by atoms with Gasteiger partial charge in [0.2, 0.25) is 0 Å². The molecule has 10 heteroatoms. The minimum atomic E-state index is -0.868. The van der Waals surface area contributed by atoms with Crippen molar-refractivity contribution in [1.29, 1.82) is 0 Å². The van der Waals surface area contributed by atoms with Gasteiger partial charge in [0.25, 0.3) is 0 Å². The molecule has 6 heterocycles. The quantitative estimate of drug-likeness (QED) is 0.318. The molecule has 0 radical (unpaired) electrons. The van der Waals surface area contributed by atoms with E-state index >= 15 is 4.39 Å². The fraction of sp³-hybridized carbons (Fsp3) is 0.500. The average Bonchev–Trinajstić information content (AvgIpc) is 3.76. The first-order valence-electron chi connectivity index (χ1n) is 16.1. The van der Waals surface area contributed by atoms with E-state index in [2.05, 4.69) is 25.1 Å². The minimum Gasteiger partial charge on any atom is -0.508 e. The van der Waals surface area contributed by atoms with Crippen LogP contribution >= 0.6 is 0 Å². The van der Waals surface area contributed by atoms with E-state index < -0.39 is 12.0 Å². The van der Waals surface area contributed by atoms with Crippen molar-refractivity contribution in [2.45, 2.75) is 74.8 Å². The Balaban J connectivity index is 1.14. The summed E-state index contributed by atoms with van der Waals surface area (Å²) < 4.78 is 37.9. The Morgan fingerprint density at radius 3 is 2.70 bits per heavy atom. The molecule has 4 saturated heterocycles. The van der Waals surface area contributed by atoms with E-state index in [-0.39, 0.29) is 35.1 Å². The Labute approximate surface area is 254 Å². The summed E-state index contributed by atoms with van der Waals surface area (Å²) >= 11 is 0. The van der Waals surface area contributed by atoms with Crippen molar-refractivity contribution in [1.82, 2.24) is 25.2 Å². The maximum absolute atomic E-state index is 16.7. The van der Waals surface area contributed by atoms with E-state index in [9.17, 15) is 9.50 Å². The van der Waals surface area contributed by atoms with Crippen LogP contribution in [0.4, 0.5) is 14.6 Å². The Bertz CT molecular complexity index is 1780. The number of piperazine rings is 1. The van der Waals surface area contributed by atoms with Gasteiger partial charge < -0.3 is 20.1 Å². The molecular weight excluding hydrogens is 562 g/mol. The van der Waals surface area contributed by atoms with Crippen LogP contribution in [0.3, 0.4) is 0 Å². The second-order valence-corrected chi connectivity index (χ2v) is 13.7. The maximum atomic E-state index is 16.7. The molecule has 4 aliphatic heterocycles. The highest BCUT2D eigenvalue weighted by atomic mass is 19.1. The lowest BCUT2D eigenvalue weighted by Crippen LogP contribution is -2.51. The van der Waals surface area contributed by atoms with Gasteiger partial charge in [-0.1, -0.05) is 30.7 Å². The predicted octanol–water partition coefficient (Wildman–Crippen LogP) is 5.36. The lowest BCUT2D eigenvalue weighted by atomic mass is 9.89. The molecule has 2 N–H and O–H groups in total. The van der Waals surface area contributed by atoms with Gasteiger partial charge in [0.05, 0.1) is 10.9 Å². The molecule has 0 amide bonds. The van der Waals surface area contributed by atoms with Gasteiger partial charge in [0, 0.05) is 55.9 Å². The third-order valence-electron chi connectivity index (χ3n) is 11.0. The maximum Gasteiger partial charge on any atom is 0.319 e. The van der Waals surface area contributed by atoms with Crippen molar-refractivity contribution < 1.29 is 18.6 Å². The predicted molar refractivity (Wildman–Crippen MR) is 164 cm³/mol. The Morgan fingerprint density at radius 1 is 1.00 bits per heavy atom.